The van der Waals surface area contributed by atoms with Crippen molar-refractivity contribution in [3.05, 3.63) is 46.7 Å². The third-order valence-electron chi connectivity index (χ3n) is 3.42. The van der Waals surface area contributed by atoms with E-state index in [0.717, 1.165) is 6.54 Å². The first-order valence-corrected chi connectivity index (χ1v) is 7.46. The predicted octanol–water partition coefficient (Wildman–Crippen LogP) is 3.96. The molecule has 2 nitrogen and oxygen atoms in total. The van der Waals surface area contributed by atoms with Crippen LogP contribution in [0.1, 0.15) is 18.4 Å². The first-order chi connectivity index (χ1) is 8.92. The van der Waals surface area contributed by atoms with Gasteiger partial charge in [0.2, 0.25) is 0 Å². The van der Waals surface area contributed by atoms with Crippen LogP contribution in [0.25, 0.3) is 0 Å². The van der Waals surface area contributed by atoms with E-state index >= 15 is 0 Å². The Hall–Kier alpha value is -1.48. The van der Waals surface area contributed by atoms with Crippen molar-refractivity contribution in [2.75, 3.05) is 23.3 Å². The topological polar surface area (TPSA) is 15.3 Å². The van der Waals surface area contributed by atoms with Gasteiger partial charge in [0.1, 0.15) is 0 Å². The van der Waals surface area contributed by atoms with Gasteiger partial charge in [-0.05, 0) is 59.5 Å². The highest BCUT2D eigenvalue weighted by Crippen LogP contribution is 2.22. The lowest BCUT2D eigenvalue weighted by molar-refractivity contribution is 0.949. The maximum Gasteiger partial charge on any atom is 0.0409 e. The fourth-order valence-electron chi connectivity index (χ4n) is 2.36. The number of hydrogen-bond acceptors (Lipinski definition) is 3. The highest BCUT2D eigenvalue weighted by Gasteiger charge is 2.11. The van der Waals surface area contributed by atoms with Gasteiger partial charge in [0, 0.05) is 31.0 Å². The molecular weight excluding hydrogens is 240 g/mol. The Kier molecular flexibility index (Phi) is 3.51. The van der Waals surface area contributed by atoms with Gasteiger partial charge in [-0.1, -0.05) is 0 Å². The van der Waals surface area contributed by atoms with Gasteiger partial charge in [-0.25, -0.2) is 0 Å². The van der Waals surface area contributed by atoms with Crippen LogP contribution in [-0.2, 0) is 6.54 Å². The molecule has 1 saturated heterocycles. The molecular formula is C15H18N2S. The molecule has 18 heavy (non-hydrogen) atoms. The summed E-state index contributed by atoms with van der Waals surface area (Å²) < 4.78 is 0. The number of hydrogen-bond donors (Lipinski definition) is 1. The van der Waals surface area contributed by atoms with Crippen LogP contribution in [0, 0.1) is 0 Å². The van der Waals surface area contributed by atoms with Crippen molar-refractivity contribution in [2.24, 2.45) is 0 Å². The van der Waals surface area contributed by atoms with Crippen LogP contribution in [0.15, 0.2) is 41.1 Å². The maximum atomic E-state index is 3.45. The monoisotopic (exact) mass is 258 g/mol. The van der Waals surface area contributed by atoms with E-state index in [9.17, 15) is 0 Å². The fourth-order valence-corrected chi connectivity index (χ4v) is 3.03. The lowest BCUT2D eigenvalue weighted by atomic mass is 10.2. The number of benzene rings is 1. The van der Waals surface area contributed by atoms with Crippen LogP contribution >= 0.6 is 11.3 Å². The Labute approximate surface area is 112 Å². The Morgan fingerprint density at radius 2 is 1.83 bits per heavy atom. The molecule has 0 aliphatic carbocycles. The van der Waals surface area contributed by atoms with E-state index in [4.69, 9.17) is 0 Å². The normalized spacial score (nSPS) is 15.0. The maximum absolute atomic E-state index is 3.45. The predicted molar refractivity (Wildman–Crippen MR) is 79.5 cm³/mol. The molecule has 1 aliphatic rings. The molecule has 2 heterocycles. The van der Waals surface area contributed by atoms with E-state index in [1.54, 1.807) is 11.3 Å². The summed E-state index contributed by atoms with van der Waals surface area (Å²) in [5, 5.41) is 7.76. The Bertz CT molecular complexity index is 470. The van der Waals surface area contributed by atoms with Gasteiger partial charge in [-0.15, -0.1) is 0 Å². The van der Waals surface area contributed by atoms with Crippen LogP contribution in [-0.4, -0.2) is 13.1 Å². The van der Waals surface area contributed by atoms with Crippen molar-refractivity contribution < 1.29 is 0 Å². The second-order valence-electron chi connectivity index (χ2n) is 4.73. The van der Waals surface area contributed by atoms with Crippen molar-refractivity contribution in [2.45, 2.75) is 19.4 Å². The molecule has 3 rings (SSSR count). The van der Waals surface area contributed by atoms with Crippen molar-refractivity contribution in [1.82, 2.24) is 0 Å². The van der Waals surface area contributed by atoms with E-state index < -0.39 is 0 Å². The van der Waals surface area contributed by atoms with Crippen LogP contribution in [0.3, 0.4) is 0 Å². The molecule has 0 atom stereocenters. The molecule has 1 aromatic carbocycles. The lowest BCUT2D eigenvalue weighted by Gasteiger charge is -2.17. The van der Waals surface area contributed by atoms with E-state index in [1.807, 2.05) is 0 Å². The van der Waals surface area contributed by atoms with Crippen LogP contribution < -0.4 is 10.2 Å². The van der Waals surface area contributed by atoms with Crippen molar-refractivity contribution >= 4 is 22.7 Å². The van der Waals surface area contributed by atoms with E-state index in [1.165, 1.54) is 42.9 Å². The zero-order chi connectivity index (χ0) is 12.2. The SMILES string of the molecule is c1cc(CNc2ccc(N3CCCC3)cc2)cs1. The molecule has 0 radical (unpaired) electrons. The third-order valence-corrected chi connectivity index (χ3v) is 4.15. The lowest BCUT2D eigenvalue weighted by Crippen LogP contribution is -2.17. The molecule has 2 aromatic rings. The van der Waals surface area contributed by atoms with Crippen LogP contribution in [0.2, 0.25) is 0 Å². The summed E-state index contributed by atoms with van der Waals surface area (Å²) in [4.78, 5) is 2.46. The second kappa shape index (κ2) is 5.44. The second-order valence-corrected chi connectivity index (χ2v) is 5.51. The Morgan fingerprint density at radius 1 is 1.06 bits per heavy atom. The zero-order valence-electron chi connectivity index (χ0n) is 10.4. The highest BCUT2D eigenvalue weighted by molar-refractivity contribution is 7.07. The van der Waals surface area contributed by atoms with Gasteiger partial charge in [-0.2, -0.15) is 11.3 Å². The van der Waals surface area contributed by atoms with Gasteiger partial charge < -0.3 is 10.2 Å². The van der Waals surface area contributed by atoms with Gasteiger partial charge in [0.05, 0.1) is 0 Å². The summed E-state index contributed by atoms with van der Waals surface area (Å²) in [6, 6.07) is 11.0. The summed E-state index contributed by atoms with van der Waals surface area (Å²) >= 11 is 1.75. The molecule has 0 amide bonds. The molecule has 1 aliphatic heterocycles. The summed E-state index contributed by atoms with van der Waals surface area (Å²) in [5.41, 5.74) is 3.90. The molecule has 0 spiro atoms. The van der Waals surface area contributed by atoms with Gasteiger partial charge in [0.25, 0.3) is 0 Å². The smallest absolute Gasteiger partial charge is 0.0409 e. The summed E-state index contributed by atoms with van der Waals surface area (Å²) in [7, 11) is 0. The zero-order valence-corrected chi connectivity index (χ0v) is 11.2. The fraction of sp³-hybridized carbons (Fsp3) is 0.333. The molecule has 94 valence electrons. The minimum Gasteiger partial charge on any atom is -0.381 e. The van der Waals surface area contributed by atoms with E-state index in [-0.39, 0.29) is 0 Å². The summed E-state index contributed by atoms with van der Waals surface area (Å²) in [6.07, 6.45) is 2.66. The standard InChI is InChI=1S/C15H18N2S/c1-2-9-17(8-1)15-5-3-14(4-6-15)16-11-13-7-10-18-12-13/h3-7,10,12,16H,1-2,8-9,11H2. The first kappa shape index (κ1) is 11.6. The van der Waals surface area contributed by atoms with E-state index in [2.05, 4.69) is 51.3 Å². The first-order valence-electron chi connectivity index (χ1n) is 6.52. The van der Waals surface area contributed by atoms with Crippen LogP contribution in [0.4, 0.5) is 11.4 Å². The van der Waals surface area contributed by atoms with Gasteiger partial charge in [0.15, 0.2) is 0 Å². The average molecular weight is 258 g/mol. The summed E-state index contributed by atoms with van der Waals surface area (Å²) in [5.74, 6) is 0. The third kappa shape index (κ3) is 2.67. The Morgan fingerprint density at radius 3 is 2.50 bits per heavy atom. The highest BCUT2D eigenvalue weighted by atomic mass is 32.1. The molecule has 0 bridgehead atoms. The number of nitrogens with one attached hydrogen (secondary N) is 1. The minimum atomic E-state index is 0.909. The average Bonchev–Trinajstić information content (AvgIpc) is 3.10. The van der Waals surface area contributed by atoms with Crippen molar-refractivity contribution in [3.63, 3.8) is 0 Å². The molecule has 0 saturated carbocycles. The van der Waals surface area contributed by atoms with Crippen molar-refractivity contribution in [3.8, 4) is 0 Å². The number of thiophene rings is 1. The molecule has 0 unspecified atom stereocenters. The molecule has 1 N–H and O–H groups in total. The molecule has 3 heteroatoms. The van der Waals surface area contributed by atoms with Crippen LogP contribution in [0.5, 0.6) is 0 Å². The summed E-state index contributed by atoms with van der Waals surface area (Å²) in [6.45, 7) is 3.33. The Balaban J connectivity index is 1.60. The molecule has 1 fully saturated rings. The number of anilines is 2. The van der Waals surface area contributed by atoms with Gasteiger partial charge >= 0.3 is 0 Å². The van der Waals surface area contributed by atoms with Gasteiger partial charge in [-0.3, -0.25) is 0 Å². The number of rotatable bonds is 4. The minimum absolute atomic E-state index is 0.909. The quantitative estimate of drug-likeness (QED) is 0.893. The van der Waals surface area contributed by atoms with E-state index in [0.29, 0.717) is 0 Å². The molecule has 1 aromatic heterocycles. The largest absolute Gasteiger partial charge is 0.381 e. The van der Waals surface area contributed by atoms with Crippen molar-refractivity contribution in [1.29, 1.82) is 0 Å². The number of nitrogens with zero attached hydrogens (tertiary/aromatic N) is 1.